The monoisotopic (exact) mass is 493 g/mol. The van der Waals surface area contributed by atoms with Crippen LogP contribution in [0.5, 0.6) is 0 Å². The Morgan fingerprint density at radius 3 is 2.19 bits per heavy atom. The Morgan fingerprint density at radius 1 is 0.935 bits per heavy atom. The molecule has 1 saturated heterocycles. The zero-order valence-corrected chi connectivity index (χ0v) is 19.7. The molecule has 2 amide bonds. The lowest BCUT2D eigenvalue weighted by Gasteiger charge is -2.29. The summed E-state index contributed by atoms with van der Waals surface area (Å²) in [6.45, 7) is 6.02. The molecular formula is C24H20BrN3O2S. The van der Waals surface area contributed by atoms with Crippen LogP contribution in [-0.4, -0.2) is 21.5 Å². The third-order valence-electron chi connectivity index (χ3n) is 5.25. The number of aromatic nitrogens is 1. The minimum absolute atomic E-state index is 0.0423. The quantitative estimate of drug-likeness (QED) is 0.317. The van der Waals surface area contributed by atoms with Crippen molar-refractivity contribution in [2.45, 2.75) is 20.8 Å². The Labute approximate surface area is 194 Å². The summed E-state index contributed by atoms with van der Waals surface area (Å²) in [5, 5.41) is 2.70. The topological polar surface area (TPSA) is 54.3 Å². The molecule has 0 radical (unpaired) electrons. The van der Waals surface area contributed by atoms with Crippen molar-refractivity contribution in [2.24, 2.45) is 0 Å². The number of amides is 2. The highest BCUT2D eigenvalue weighted by molar-refractivity contribution is 9.10. The van der Waals surface area contributed by atoms with Crippen LogP contribution in [0.2, 0.25) is 0 Å². The van der Waals surface area contributed by atoms with E-state index >= 15 is 0 Å². The predicted octanol–water partition coefficient (Wildman–Crippen LogP) is 5.00. The van der Waals surface area contributed by atoms with Crippen molar-refractivity contribution in [3.05, 3.63) is 87.2 Å². The molecule has 1 aliphatic heterocycles. The van der Waals surface area contributed by atoms with Crippen LogP contribution in [0.4, 0.5) is 5.69 Å². The van der Waals surface area contributed by atoms with Gasteiger partial charge in [0.25, 0.3) is 11.8 Å². The Bertz CT molecular complexity index is 1240. The molecule has 0 atom stereocenters. The first-order valence-electron chi connectivity index (χ1n) is 9.69. The van der Waals surface area contributed by atoms with Crippen molar-refractivity contribution >= 4 is 56.8 Å². The maximum Gasteiger partial charge on any atom is 0.270 e. The van der Waals surface area contributed by atoms with Gasteiger partial charge >= 0.3 is 0 Å². The van der Waals surface area contributed by atoms with Crippen molar-refractivity contribution in [1.29, 1.82) is 0 Å². The molecule has 3 aromatic rings. The Kier molecular flexibility index (Phi) is 5.64. The van der Waals surface area contributed by atoms with E-state index in [1.54, 1.807) is 18.2 Å². The number of anilines is 1. The van der Waals surface area contributed by atoms with E-state index in [9.17, 15) is 9.59 Å². The van der Waals surface area contributed by atoms with Crippen LogP contribution in [0.15, 0.2) is 64.6 Å². The van der Waals surface area contributed by atoms with Gasteiger partial charge in [0.1, 0.15) is 5.57 Å². The Morgan fingerprint density at radius 2 is 1.55 bits per heavy atom. The van der Waals surface area contributed by atoms with Gasteiger partial charge in [-0.05, 0) is 87.1 Å². The summed E-state index contributed by atoms with van der Waals surface area (Å²) in [5.74, 6) is -0.945. The zero-order chi connectivity index (χ0) is 22.3. The summed E-state index contributed by atoms with van der Waals surface area (Å²) in [5.41, 5.74) is 5.61. The first kappa shape index (κ1) is 21.2. The lowest BCUT2D eigenvalue weighted by atomic mass is 10.1. The number of thiocarbonyl (C=S) groups is 1. The number of hydrogen-bond donors (Lipinski definition) is 1. The highest BCUT2D eigenvalue weighted by atomic mass is 79.9. The molecule has 0 bridgehead atoms. The van der Waals surface area contributed by atoms with Crippen LogP contribution in [0.3, 0.4) is 0 Å². The number of nitrogens with zero attached hydrogens (tertiary/aromatic N) is 2. The lowest BCUT2D eigenvalue weighted by molar-refractivity contribution is -0.122. The van der Waals surface area contributed by atoms with Gasteiger partial charge in [0.05, 0.1) is 5.69 Å². The average molecular weight is 494 g/mol. The van der Waals surface area contributed by atoms with Crippen LogP contribution in [0.25, 0.3) is 11.8 Å². The van der Waals surface area contributed by atoms with E-state index < -0.39 is 11.8 Å². The third-order valence-corrected chi connectivity index (χ3v) is 6.06. The van der Waals surface area contributed by atoms with E-state index in [-0.39, 0.29) is 10.7 Å². The Hall–Kier alpha value is -3.03. The van der Waals surface area contributed by atoms with Gasteiger partial charge in [-0.1, -0.05) is 33.6 Å². The average Bonchev–Trinajstić information content (AvgIpc) is 3.00. The molecule has 1 fully saturated rings. The van der Waals surface area contributed by atoms with Gasteiger partial charge in [0, 0.05) is 21.5 Å². The van der Waals surface area contributed by atoms with E-state index in [0.29, 0.717) is 5.69 Å². The maximum atomic E-state index is 13.2. The van der Waals surface area contributed by atoms with Gasteiger partial charge < -0.3 is 4.57 Å². The highest BCUT2D eigenvalue weighted by Crippen LogP contribution is 2.27. The molecule has 0 spiro atoms. The second-order valence-corrected chi connectivity index (χ2v) is 8.73. The zero-order valence-electron chi connectivity index (χ0n) is 17.3. The minimum Gasteiger partial charge on any atom is -0.318 e. The molecule has 7 heteroatoms. The van der Waals surface area contributed by atoms with Gasteiger partial charge in [-0.2, -0.15) is 0 Å². The molecule has 31 heavy (non-hydrogen) atoms. The normalized spacial score (nSPS) is 15.5. The van der Waals surface area contributed by atoms with Crippen molar-refractivity contribution in [3.63, 3.8) is 0 Å². The van der Waals surface area contributed by atoms with Crippen molar-refractivity contribution in [2.75, 3.05) is 4.90 Å². The van der Waals surface area contributed by atoms with Crippen LogP contribution in [0.1, 0.15) is 22.5 Å². The first-order chi connectivity index (χ1) is 14.8. The molecule has 1 N–H and O–H groups in total. The fourth-order valence-electron chi connectivity index (χ4n) is 3.66. The van der Waals surface area contributed by atoms with Crippen LogP contribution in [0, 0.1) is 20.8 Å². The summed E-state index contributed by atoms with van der Waals surface area (Å²) < 4.78 is 2.99. The standard InChI is InChI=1S/C24H20BrN3O2S/c1-14-4-8-19(9-5-14)27-15(2)12-17(16(27)3)13-21-22(29)26-24(31)28(23(21)30)20-10-6-18(25)7-11-20/h4-13H,1-3H3,(H,26,29,31)/b21-13+. The number of carbonyl (C=O) groups excluding carboxylic acids is 2. The molecule has 4 rings (SSSR count). The molecule has 0 aliphatic carbocycles. The summed E-state index contributed by atoms with van der Waals surface area (Å²) in [4.78, 5) is 27.2. The summed E-state index contributed by atoms with van der Waals surface area (Å²) in [6, 6.07) is 17.4. The number of rotatable bonds is 3. The van der Waals surface area contributed by atoms with Crippen LogP contribution in [-0.2, 0) is 9.59 Å². The molecule has 156 valence electrons. The Balaban J connectivity index is 1.75. The SMILES string of the molecule is Cc1ccc(-n2c(C)cc(/C=C3\C(=O)NC(=S)N(c4ccc(Br)cc4)C3=O)c2C)cc1. The molecule has 5 nitrogen and oxygen atoms in total. The molecule has 2 aromatic carbocycles. The minimum atomic E-state index is -0.497. The molecule has 1 aromatic heterocycles. The summed E-state index contributed by atoms with van der Waals surface area (Å²) >= 11 is 8.65. The van der Waals surface area contributed by atoms with Gasteiger partial charge in [0.2, 0.25) is 0 Å². The predicted molar refractivity (Wildman–Crippen MR) is 130 cm³/mol. The highest BCUT2D eigenvalue weighted by Gasteiger charge is 2.34. The van der Waals surface area contributed by atoms with Crippen molar-refractivity contribution in [3.8, 4) is 5.69 Å². The second-order valence-electron chi connectivity index (χ2n) is 7.43. The van der Waals surface area contributed by atoms with E-state index in [1.165, 1.54) is 10.5 Å². The number of halogens is 1. The molecule has 0 saturated carbocycles. The molecule has 1 aliphatic rings. The molecule has 2 heterocycles. The number of nitrogens with one attached hydrogen (secondary N) is 1. The number of carbonyl (C=O) groups is 2. The van der Waals surface area contributed by atoms with E-state index in [4.69, 9.17) is 12.2 Å². The van der Waals surface area contributed by atoms with Gasteiger partial charge in [-0.3, -0.25) is 19.8 Å². The van der Waals surface area contributed by atoms with E-state index in [0.717, 1.165) is 27.1 Å². The summed E-state index contributed by atoms with van der Waals surface area (Å²) in [6.07, 6.45) is 1.64. The maximum absolute atomic E-state index is 13.2. The number of aryl methyl sites for hydroxylation is 2. The smallest absolute Gasteiger partial charge is 0.270 e. The summed E-state index contributed by atoms with van der Waals surface area (Å²) in [7, 11) is 0. The van der Waals surface area contributed by atoms with Gasteiger partial charge in [-0.25, -0.2) is 0 Å². The van der Waals surface area contributed by atoms with Gasteiger partial charge in [-0.15, -0.1) is 0 Å². The fourth-order valence-corrected chi connectivity index (χ4v) is 4.21. The lowest BCUT2D eigenvalue weighted by Crippen LogP contribution is -2.54. The first-order valence-corrected chi connectivity index (χ1v) is 10.9. The van der Waals surface area contributed by atoms with Gasteiger partial charge in [0.15, 0.2) is 5.11 Å². The second kappa shape index (κ2) is 8.24. The number of benzene rings is 2. The van der Waals surface area contributed by atoms with Crippen molar-refractivity contribution in [1.82, 2.24) is 9.88 Å². The van der Waals surface area contributed by atoms with Crippen LogP contribution < -0.4 is 10.2 Å². The van der Waals surface area contributed by atoms with Crippen molar-refractivity contribution < 1.29 is 9.59 Å². The van der Waals surface area contributed by atoms with E-state index in [2.05, 4.69) is 50.1 Å². The molecular weight excluding hydrogens is 474 g/mol. The third kappa shape index (κ3) is 3.98. The largest absolute Gasteiger partial charge is 0.318 e. The van der Waals surface area contributed by atoms with Crippen LogP contribution >= 0.6 is 28.1 Å². The number of hydrogen-bond acceptors (Lipinski definition) is 3. The molecule has 0 unspecified atom stereocenters. The van der Waals surface area contributed by atoms with E-state index in [1.807, 2.05) is 39.0 Å². The fraction of sp³-hybridized carbons (Fsp3) is 0.125.